The Balaban J connectivity index is 1.54. The maximum Gasteiger partial charge on any atom is 0.0719 e. The second kappa shape index (κ2) is 14.6. The van der Waals surface area contributed by atoms with Crippen LogP contribution in [0.3, 0.4) is 0 Å². The van der Waals surface area contributed by atoms with Crippen molar-refractivity contribution in [3.8, 4) is 0 Å². The number of rotatable bonds is 12. The van der Waals surface area contributed by atoms with Gasteiger partial charge < -0.3 is 14.4 Å². The molecule has 0 radical (unpaired) electrons. The van der Waals surface area contributed by atoms with Gasteiger partial charge in [-0.2, -0.15) is 0 Å². The number of hydrogen-bond acceptors (Lipinski definition) is 3. The molecule has 0 amide bonds. The van der Waals surface area contributed by atoms with Gasteiger partial charge in [0.1, 0.15) is 0 Å². The summed E-state index contributed by atoms with van der Waals surface area (Å²) in [4.78, 5) is 2.33. The Morgan fingerprint density at radius 2 is 1.00 bits per heavy atom. The normalized spacial score (nSPS) is 10.9. The average molecular weight is 568 g/mol. The number of aryl methyl sites for hydroxylation is 2. The third-order valence-electron chi connectivity index (χ3n) is 7.72. The third-order valence-corrected chi connectivity index (χ3v) is 7.72. The zero-order chi connectivity index (χ0) is 30.0. The van der Waals surface area contributed by atoms with Crippen LogP contribution in [-0.4, -0.2) is 13.2 Å². The van der Waals surface area contributed by atoms with E-state index in [9.17, 15) is 0 Å². The Labute approximate surface area is 257 Å². The molecule has 0 aliphatic carbocycles. The number of ether oxygens (including phenoxy) is 2. The fourth-order valence-electron chi connectivity index (χ4n) is 5.29. The first-order valence-corrected chi connectivity index (χ1v) is 15.1. The smallest absolute Gasteiger partial charge is 0.0719 e. The van der Waals surface area contributed by atoms with Crippen LogP contribution in [0.4, 0.5) is 17.1 Å². The van der Waals surface area contributed by atoms with E-state index in [1.807, 2.05) is 13.8 Å². The van der Waals surface area contributed by atoms with Crippen molar-refractivity contribution in [1.82, 2.24) is 0 Å². The maximum absolute atomic E-state index is 5.71. The molecule has 0 saturated heterocycles. The first-order chi connectivity index (χ1) is 21.1. The van der Waals surface area contributed by atoms with Crippen molar-refractivity contribution in [1.29, 1.82) is 0 Å². The fourth-order valence-corrected chi connectivity index (χ4v) is 5.29. The SMILES string of the molecule is CCOCc1ccc(N(c2ccc(C=C(c3ccccc3)c3ccccc3)cc2)c2ccc(COCC)c(C)c2)cc1C. The van der Waals surface area contributed by atoms with Gasteiger partial charge in [0.15, 0.2) is 0 Å². The van der Waals surface area contributed by atoms with Gasteiger partial charge >= 0.3 is 0 Å². The summed E-state index contributed by atoms with van der Waals surface area (Å²) in [5.41, 5.74) is 12.9. The van der Waals surface area contributed by atoms with Crippen molar-refractivity contribution in [2.45, 2.75) is 40.9 Å². The molecular weight excluding hydrogens is 526 g/mol. The highest BCUT2D eigenvalue weighted by Crippen LogP contribution is 2.37. The minimum atomic E-state index is 0.625. The van der Waals surface area contributed by atoms with E-state index in [1.165, 1.54) is 39.0 Å². The predicted octanol–water partition coefficient (Wildman–Crippen LogP) is 10.4. The Bertz CT molecular complexity index is 1540. The molecule has 0 heterocycles. The largest absolute Gasteiger partial charge is 0.377 e. The Hall–Kier alpha value is -4.44. The van der Waals surface area contributed by atoms with E-state index in [2.05, 4.69) is 146 Å². The van der Waals surface area contributed by atoms with Gasteiger partial charge in [0.2, 0.25) is 0 Å². The van der Waals surface area contributed by atoms with Crippen molar-refractivity contribution in [2.24, 2.45) is 0 Å². The summed E-state index contributed by atoms with van der Waals surface area (Å²) in [6, 6.07) is 43.3. The van der Waals surface area contributed by atoms with Crippen LogP contribution in [-0.2, 0) is 22.7 Å². The lowest BCUT2D eigenvalue weighted by Crippen LogP contribution is -2.11. The van der Waals surface area contributed by atoms with E-state index < -0.39 is 0 Å². The van der Waals surface area contributed by atoms with Crippen LogP contribution >= 0.6 is 0 Å². The number of benzene rings is 5. The molecule has 0 atom stereocenters. The summed E-state index contributed by atoms with van der Waals surface area (Å²) in [7, 11) is 0. The van der Waals surface area contributed by atoms with E-state index in [4.69, 9.17) is 9.47 Å². The molecule has 0 fully saturated rings. The molecule has 218 valence electrons. The second-order valence-electron chi connectivity index (χ2n) is 10.7. The lowest BCUT2D eigenvalue weighted by atomic mass is 9.95. The van der Waals surface area contributed by atoms with Crippen molar-refractivity contribution in [3.63, 3.8) is 0 Å². The number of hydrogen-bond donors (Lipinski definition) is 0. The summed E-state index contributed by atoms with van der Waals surface area (Å²) in [5.74, 6) is 0. The van der Waals surface area contributed by atoms with Gasteiger partial charge in [0, 0.05) is 30.3 Å². The van der Waals surface area contributed by atoms with Gasteiger partial charge in [0.25, 0.3) is 0 Å². The summed E-state index contributed by atoms with van der Waals surface area (Å²) in [6.07, 6.45) is 2.28. The molecular formula is C40H41NO2. The van der Waals surface area contributed by atoms with Gasteiger partial charge in [-0.25, -0.2) is 0 Å². The summed E-state index contributed by atoms with van der Waals surface area (Å²) in [6.45, 7) is 11.1. The minimum Gasteiger partial charge on any atom is -0.377 e. The molecule has 5 aromatic carbocycles. The molecule has 0 aromatic heterocycles. The van der Waals surface area contributed by atoms with Gasteiger partial charge in [-0.05, 0) is 115 Å². The lowest BCUT2D eigenvalue weighted by molar-refractivity contribution is 0.133. The van der Waals surface area contributed by atoms with Crippen molar-refractivity contribution >= 4 is 28.7 Å². The van der Waals surface area contributed by atoms with Crippen LogP contribution in [0, 0.1) is 13.8 Å². The third kappa shape index (κ3) is 7.50. The fraction of sp³-hybridized carbons (Fsp3) is 0.200. The molecule has 3 heteroatoms. The van der Waals surface area contributed by atoms with Crippen LogP contribution in [0.15, 0.2) is 121 Å². The van der Waals surface area contributed by atoms with Crippen molar-refractivity contribution < 1.29 is 9.47 Å². The van der Waals surface area contributed by atoms with Crippen LogP contribution in [0.5, 0.6) is 0 Å². The molecule has 3 nitrogen and oxygen atoms in total. The van der Waals surface area contributed by atoms with Gasteiger partial charge in [0.05, 0.1) is 13.2 Å². The van der Waals surface area contributed by atoms with Crippen LogP contribution in [0.2, 0.25) is 0 Å². The minimum absolute atomic E-state index is 0.625. The van der Waals surface area contributed by atoms with E-state index in [1.54, 1.807) is 0 Å². The maximum atomic E-state index is 5.71. The molecule has 0 bridgehead atoms. The molecule has 0 aliphatic rings. The van der Waals surface area contributed by atoms with Crippen molar-refractivity contribution in [3.05, 3.63) is 160 Å². The van der Waals surface area contributed by atoms with E-state index in [0.29, 0.717) is 26.4 Å². The van der Waals surface area contributed by atoms with Gasteiger partial charge in [-0.1, -0.05) is 84.9 Å². The topological polar surface area (TPSA) is 21.7 Å². The van der Waals surface area contributed by atoms with Crippen molar-refractivity contribution in [2.75, 3.05) is 18.1 Å². The molecule has 5 rings (SSSR count). The Kier molecular flexibility index (Phi) is 10.2. The average Bonchev–Trinajstić information content (AvgIpc) is 3.04. The highest BCUT2D eigenvalue weighted by atomic mass is 16.5. The second-order valence-corrected chi connectivity index (χ2v) is 10.7. The van der Waals surface area contributed by atoms with Gasteiger partial charge in [-0.3, -0.25) is 0 Å². The Morgan fingerprint density at radius 3 is 1.42 bits per heavy atom. The highest BCUT2D eigenvalue weighted by Gasteiger charge is 2.15. The zero-order valence-electron chi connectivity index (χ0n) is 25.7. The van der Waals surface area contributed by atoms with E-state index >= 15 is 0 Å². The van der Waals surface area contributed by atoms with E-state index in [0.717, 1.165) is 22.6 Å². The zero-order valence-corrected chi connectivity index (χ0v) is 25.7. The number of anilines is 3. The molecule has 43 heavy (non-hydrogen) atoms. The standard InChI is InChI=1S/C40H41NO2/c1-5-42-28-35-19-23-38(25-30(35)3)41(39-24-20-36(29-43-6-2)31(4)26-39)37-21-17-32(18-22-37)27-40(33-13-9-7-10-14-33)34-15-11-8-12-16-34/h7-27H,5-6,28-29H2,1-4H3. The monoisotopic (exact) mass is 567 g/mol. The molecule has 0 spiro atoms. The highest BCUT2D eigenvalue weighted by molar-refractivity contribution is 5.91. The first kappa shape index (κ1) is 30.0. The number of nitrogens with zero attached hydrogens (tertiary/aromatic N) is 1. The molecule has 5 aromatic rings. The van der Waals surface area contributed by atoms with Crippen LogP contribution in [0.25, 0.3) is 11.6 Å². The van der Waals surface area contributed by atoms with Crippen LogP contribution < -0.4 is 4.90 Å². The summed E-state index contributed by atoms with van der Waals surface area (Å²) in [5, 5.41) is 0. The molecule has 0 unspecified atom stereocenters. The van der Waals surface area contributed by atoms with Crippen LogP contribution in [0.1, 0.15) is 52.8 Å². The predicted molar refractivity (Wildman–Crippen MR) is 181 cm³/mol. The molecule has 0 aliphatic heterocycles. The molecule has 0 N–H and O–H groups in total. The first-order valence-electron chi connectivity index (χ1n) is 15.1. The van der Waals surface area contributed by atoms with Gasteiger partial charge in [-0.15, -0.1) is 0 Å². The Morgan fingerprint density at radius 1 is 0.558 bits per heavy atom. The summed E-state index contributed by atoms with van der Waals surface area (Å²) >= 11 is 0. The molecule has 0 saturated carbocycles. The quantitative estimate of drug-likeness (QED) is 0.140. The summed E-state index contributed by atoms with van der Waals surface area (Å²) < 4.78 is 11.4. The van der Waals surface area contributed by atoms with E-state index in [-0.39, 0.29) is 0 Å². The lowest BCUT2D eigenvalue weighted by Gasteiger charge is -2.27.